The standard InChI is InChI=1S/C16H21ClN2/c1-10-5-13(17)7-14-12(8-16(3,4)9-18)6-11(2)19-15(10)14/h5-7H,8-9,18H2,1-4H3. The molecular formula is C16H21ClN2. The van der Waals surface area contributed by atoms with Gasteiger partial charge in [0.25, 0.3) is 0 Å². The van der Waals surface area contributed by atoms with E-state index in [0.717, 1.165) is 33.6 Å². The van der Waals surface area contributed by atoms with E-state index < -0.39 is 0 Å². The number of pyridine rings is 1. The molecule has 1 aromatic heterocycles. The van der Waals surface area contributed by atoms with Crippen LogP contribution in [0.15, 0.2) is 18.2 Å². The van der Waals surface area contributed by atoms with E-state index in [-0.39, 0.29) is 5.41 Å². The quantitative estimate of drug-likeness (QED) is 0.919. The lowest BCUT2D eigenvalue weighted by atomic mass is 9.84. The minimum atomic E-state index is 0.0803. The largest absolute Gasteiger partial charge is 0.330 e. The maximum absolute atomic E-state index is 6.19. The van der Waals surface area contributed by atoms with Gasteiger partial charge in [0.1, 0.15) is 0 Å². The lowest BCUT2D eigenvalue weighted by molar-refractivity contribution is 0.378. The van der Waals surface area contributed by atoms with Gasteiger partial charge in [-0.3, -0.25) is 4.98 Å². The Bertz CT molecular complexity index is 618. The van der Waals surface area contributed by atoms with Gasteiger partial charge in [0.2, 0.25) is 0 Å². The van der Waals surface area contributed by atoms with Crippen molar-refractivity contribution in [2.45, 2.75) is 34.1 Å². The smallest absolute Gasteiger partial charge is 0.0738 e. The summed E-state index contributed by atoms with van der Waals surface area (Å²) in [4.78, 5) is 4.64. The van der Waals surface area contributed by atoms with Crippen LogP contribution in [0.4, 0.5) is 0 Å². The molecule has 1 heterocycles. The molecule has 0 aliphatic carbocycles. The molecule has 2 N–H and O–H groups in total. The Morgan fingerprint density at radius 3 is 2.53 bits per heavy atom. The molecule has 2 nitrogen and oxygen atoms in total. The van der Waals surface area contributed by atoms with Crippen LogP contribution in [-0.2, 0) is 6.42 Å². The highest BCUT2D eigenvalue weighted by Gasteiger charge is 2.19. The van der Waals surface area contributed by atoms with E-state index >= 15 is 0 Å². The lowest BCUT2D eigenvalue weighted by Gasteiger charge is -2.23. The average Bonchev–Trinajstić information content (AvgIpc) is 2.30. The van der Waals surface area contributed by atoms with E-state index in [4.69, 9.17) is 17.3 Å². The van der Waals surface area contributed by atoms with Crippen LogP contribution in [0, 0.1) is 19.3 Å². The highest BCUT2D eigenvalue weighted by molar-refractivity contribution is 6.31. The van der Waals surface area contributed by atoms with Crippen molar-refractivity contribution >= 4 is 22.5 Å². The molecule has 102 valence electrons. The van der Waals surface area contributed by atoms with Gasteiger partial charge in [-0.1, -0.05) is 25.4 Å². The first-order valence-corrected chi connectivity index (χ1v) is 6.97. The zero-order chi connectivity index (χ0) is 14.2. The van der Waals surface area contributed by atoms with Crippen LogP contribution >= 0.6 is 11.6 Å². The number of hydrogen-bond donors (Lipinski definition) is 1. The van der Waals surface area contributed by atoms with Crippen LogP contribution in [0.3, 0.4) is 0 Å². The molecule has 0 bridgehead atoms. The number of fused-ring (bicyclic) bond motifs is 1. The van der Waals surface area contributed by atoms with E-state index in [1.54, 1.807) is 0 Å². The van der Waals surface area contributed by atoms with E-state index in [1.807, 2.05) is 19.1 Å². The normalized spacial score (nSPS) is 12.1. The van der Waals surface area contributed by atoms with E-state index in [9.17, 15) is 0 Å². The van der Waals surface area contributed by atoms with Gasteiger partial charge < -0.3 is 5.73 Å². The van der Waals surface area contributed by atoms with E-state index in [0.29, 0.717) is 6.54 Å². The second kappa shape index (κ2) is 5.10. The van der Waals surface area contributed by atoms with Crippen molar-refractivity contribution in [1.82, 2.24) is 4.98 Å². The summed E-state index contributed by atoms with van der Waals surface area (Å²) in [5, 5.41) is 1.92. The van der Waals surface area contributed by atoms with Crippen LogP contribution in [0.2, 0.25) is 5.02 Å². The Morgan fingerprint density at radius 1 is 1.21 bits per heavy atom. The van der Waals surface area contributed by atoms with Gasteiger partial charge in [-0.05, 0) is 61.6 Å². The molecular weight excluding hydrogens is 256 g/mol. The van der Waals surface area contributed by atoms with E-state index in [2.05, 4.69) is 31.8 Å². The number of nitrogens with two attached hydrogens (primary N) is 1. The van der Waals surface area contributed by atoms with Crippen molar-refractivity contribution < 1.29 is 0 Å². The third-order valence-corrected chi connectivity index (χ3v) is 3.72. The SMILES string of the molecule is Cc1cc(CC(C)(C)CN)c2cc(Cl)cc(C)c2n1. The summed E-state index contributed by atoms with van der Waals surface area (Å²) < 4.78 is 0. The van der Waals surface area contributed by atoms with Crippen molar-refractivity contribution in [3.05, 3.63) is 40.0 Å². The van der Waals surface area contributed by atoms with Gasteiger partial charge in [0.05, 0.1) is 5.52 Å². The van der Waals surface area contributed by atoms with Crippen LogP contribution in [0.5, 0.6) is 0 Å². The van der Waals surface area contributed by atoms with Crippen LogP contribution in [-0.4, -0.2) is 11.5 Å². The predicted octanol–water partition coefficient (Wildman–Crippen LogP) is 4.03. The molecule has 0 radical (unpaired) electrons. The van der Waals surface area contributed by atoms with Crippen molar-refractivity contribution in [2.24, 2.45) is 11.1 Å². The van der Waals surface area contributed by atoms with Gasteiger partial charge in [-0.15, -0.1) is 0 Å². The van der Waals surface area contributed by atoms with Gasteiger partial charge in [0.15, 0.2) is 0 Å². The first kappa shape index (κ1) is 14.3. The number of benzene rings is 1. The Kier molecular flexibility index (Phi) is 3.84. The summed E-state index contributed by atoms with van der Waals surface area (Å²) in [5.41, 5.74) is 10.4. The minimum absolute atomic E-state index is 0.0803. The van der Waals surface area contributed by atoms with E-state index in [1.165, 1.54) is 5.56 Å². The maximum Gasteiger partial charge on any atom is 0.0738 e. The fraction of sp³-hybridized carbons (Fsp3) is 0.438. The monoisotopic (exact) mass is 276 g/mol. The molecule has 19 heavy (non-hydrogen) atoms. The first-order valence-electron chi connectivity index (χ1n) is 6.59. The second-order valence-electron chi connectivity index (χ2n) is 6.09. The lowest BCUT2D eigenvalue weighted by Crippen LogP contribution is -2.26. The topological polar surface area (TPSA) is 38.9 Å². The zero-order valence-electron chi connectivity index (χ0n) is 12.0. The number of hydrogen-bond acceptors (Lipinski definition) is 2. The summed E-state index contributed by atoms with van der Waals surface area (Å²) in [5.74, 6) is 0. The Morgan fingerprint density at radius 2 is 1.89 bits per heavy atom. The average molecular weight is 277 g/mol. The molecule has 0 fully saturated rings. The maximum atomic E-state index is 6.19. The number of nitrogens with zero attached hydrogens (tertiary/aromatic N) is 1. The fourth-order valence-electron chi connectivity index (χ4n) is 2.40. The second-order valence-corrected chi connectivity index (χ2v) is 6.52. The summed E-state index contributed by atoms with van der Waals surface area (Å²) in [6.07, 6.45) is 0.934. The molecule has 0 unspecified atom stereocenters. The zero-order valence-corrected chi connectivity index (χ0v) is 12.8. The van der Waals surface area contributed by atoms with Crippen molar-refractivity contribution in [2.75, 3.05) is 6.54 Å². The molecule has 0 aliphatic rings. The molecule has 0 saturated carbocycles. The molecule has 2 aromatic rings. The van der Waals surface area contributed by atoms with Crippen molar-refractivity contribution in [1.29, 1.82) is 0 Å². The Labute approximate surface area is 120 Å². The summed E-state index contributed by atoms with van der Waals surface area (Å²) >= 11 is 6.19. The first-order chi connectivity index (χ1) is 8.82. The van der Waals surface area contributed by atoms with Gasteiger partial charge >= 0.3 is 0 Å². The van der Waals surface area contributed by atoms with Crippen molar-refractivity contribution in [3.8, 4) is 0 Å². The highest BCUT2D eigenvalue weighted by Crippen LogP contribution is 2.30. The number of halogens is 1. The molecule has 1 aromatic carbocycles. The van der Waals surface area contributed by atoms with Gasteiger partial charge in [0, 0.05) is 16.1 Å². The summed E-state index contributed by atoms with van der Waals surface area (Å²) in [6.45, 7) is 9.12. The molecule has 0 spiro atoms. The van der Waals surface area contributed by atoms with Crippen molar-refractivity contribution in [3.63, 3.8) is 0 Å². The van der Waals surface area contributed by atoms with Crippen LogP contribution < -0.4 is 5.73 Å². The molecule has 0 saturated heterocycles. The number of rotatable bonds is 3. The highest BCUT2D eigenvalue weighted by atomic mass is 35.5. The fourth-order valence-corrected chi connectivity index (χ4v) is 2.67. The van der Waals surface area contributed by atoms with Gasteiger partial charge in [-0.25, -0.2) is 0 Å². The molecule has 2 rings (SSSR count). The Hall–Kier alpha value is -1.12. The molecule has 0 atom stereocenters. The van der Waals surface area contributed by atoms with Gasteiger partial charge in [-0.2, -0.15) is 0 Å². The van der Waals surface area contributed by atoms with Crippen LogP contribution in [0.25, 0.3) is 10.9 Å². The number of aryl methyl sites for hydroxylation is 2. The minimum Gasteiger partial charge on any atom is -0.330 e. The van der Waals surface area contributed by atoms with Crippen LogP contribution in [0.1, 0.15) is 30.7 Å². The third-order valence-electron chi connectivity index (χ3n) is 3.50. The number of aromatic nitrogens is 1. The molecule has 0 aliphatic heterocycles. The predicted molar refractivity (Wildman–Crippen MR) is 82.8 cm³/mol. The summed E-state index contributed by atoms with van der Waals surface area (Å²) in [6, 6.07) is 6.13. The molecule has 0 amide bonds. The summed E-state index contributed by atoms with van der Waals surface area (Å²) in [7, 11) is 0. The Balaban J connectivity index is 2.66. The molecule has 3 heteroatoms. The third kappa shape index (κ3) is 3.07.